The third-order valence-corrected chi connectivity index (χ3v) is 8.20. The zero-order valence-corrected chi connectivity index (χ0v) is 19.8. The number of sulfonamides is 1. The van der Waals surface area contributed by atoms with Gasteiger partial charge in [-0.25, -0.2) is 17.2 Å². The largest absolute Gasteiger partial charge is 0.495 e. The summed E-state index contributed by atoms with van der Waals surface area (Å²) in [5.74, 6) is -1.39. The van der Waals surface area contributed by atoms with Crippen molar-refractivity contribution in [2.45, 2.75) is 38.0 Å². The van der Waals surface area contributed by atoms with Crippen molar-refractivity contribution in [3.8, 4) is 5.75 Å². The van der Waals surface area contributed by atoms with Gasteiger partial charge < -0.3 is 9.64 Å². The molecule has 0 N–H and O–H groups in total. The lowest BCUT2D eigenvalue weighted by Crippen LogP contribution is -2.42. The van der Waals surface area contributed by atoms with E-state index in [1.54, 1.807) is 0 Å². The minimum absolute atomic E-state index is 0.0835. The van der Waals surface area contributed by atoms with Gasteiger partial charge in [-0.2, -0.15) is 4.31 Å². The van der Waals surface area contributed by atoms with Gasteiger partial charge in [-0.05, 0) is 55.4 Å². The van der Waals surface area contributed by atoms with Crippen LogP contribution >= 0.6 is 0 Å². The number of amides is 1. The molecule has 0 bridgehead atoms. The minimum Gasteiger partial charge on any atom is -0.495 e. The number of hydrogen-bond donors (Lipinski definition) is 0. The average molecular weight is 479 g/mol. The van der Waals surface area contributed by atoms with Crippen LogP contribution in [0.2, 0.25) is 0 Å². The summed E-state index contributed by atoms with van der Waals surface area (Å²) in [6.45, 7) is 5.10. The van der Waals surface area contributed by atoms with Crippen molar-refractivity contribution in [1.29, 1.82) is 0 Å². The number of fused-ring (bicyclic) bond motifs is 1. The van der Waals surface area contributed by atoms with E-state index in [1.165, 1.54) is 34.5 Å². The number of carbonyl (C=O) groups excluding carboxylic acids is 1. The summed E-state index contributed by atoms with van der Waals surface area (Å²) in [7, 11) is -2.54. The summed E-state index contributed by atoms with van der Waals surface area (Å²) in [5, 5.41) is 0. The third-order valence-electron chi connectivity index (χ3n) is 6.34. The second-order valence-corrected chi connectivity index (χ2v) is 11.0. The van der Waals surface area contributed by atoms with E-state index in [-0.39, 0.29) is 45.8 Å². The zero-order chi connectivity index (χ0) is 23.9. The van der Waals surface area contributed by atoms with Crippen LogP contribution in [0.1, 0.15) is 42.6 Å². The summed E-state index contributed by atoms with van der Waals surface area (Å²) in [4.78, 5) is 14.6. The number of ether oxygens (including phenoxy) is 1. The first-order valence-electron chi connectivity index (χ1n) is 11.1. The fraction of sp³-hybridized carbons (Fsp3) is 0.458. The standard InChI is InChI=1S/C24H28F2N2O4S/c1-15-9-16(2)14-27(13-15)33(30,31)23-10-17(6-7-22(23)32-3)24(29)28-8-4-5-19-20(26)11-18(25)12-21(19)28/h6-7,10-12,15-16H,4-5,8-9,13-14H2,1-3H3. The monoisotopic (exact) mass is 478 g/mol. The zero-order valence-electron chi connectivity index (χ0n) is 19.0. The highest BCUT2D eigenvalue weighted by Crippen LogP contribution is 2.35. The molecular formula is C24H28F2N2O4S. The van der Waals surface area contributed by atoms with E-state index in [2.05, 4.69) is 0 Å². The van der Waals surface area contributed by atoms with Crippen LogP contribution in [0.3, 0.4) is 0 Å². The number of halogens is 2. The van der Waals surface area contributed by atoms with Gasteiger partial charge in [0.05, 0.1) is 12.8 Å². The maximum absolute atomic E-state index is 14.3. The molecule has 2 heterocycles. The van der Waals surface area contributed by atoms with E-state index in [0.29, 0.717) is 25.9 Å². The molecule has 2 aromatic carbocycles. The number of anilines is 1. The molecule has 1 amide bonds. The molecule has 178 valence electrons. The first-order valence-corrected chi connectivity index (χ1v) is 12.5. The Morgan fingerprint density at radius 2 is 1.79 bits per heavy atom. The molecule has 6 nitrogen and oxygen atoms in total. The molecule has 2 aromatic rings. The van der Waals surface area contributed by atoms with Crippen LogP contribution < -0.4 is 9.64 Å². The lowest BCUT2D eigenvalue weighted by atomic mass is 9.94. The van der Waals surface area contributed by atoms with Crippen LogP contribution in [0.5, 0.6) is 5.75 Å². The second kappa shape index (κ2) is 9.02. The summed E-state index contributed by atoms with van der Waals surface area (Å²) >= 11 is 0. The molecule has 0 radical (unpaired) electrons. The number of hydrogen-bond acceptors (Lipinski definition) is 4. The molecule has 0 spiro atoms. The molecule has 1 fully saturated rings. The second-order valence-electron chi connectivity index (χ2n) is 9.08. The Balaban J connectivity index is 1.73. The fourth-order valence-electron chi connectivity index (χ4n) is 4.93. The topological polar surface area (TPSA) is 66.9 Å². The Morgan fingerprint density at radius 1 is 1.09 bits per heavy atom. The lowest BCUT2D eigenvalue weighted by molar-refractivity contribution is 0.0984. The summed E-state index contributed by atoms with van der Waals surface area (Å²) in [6.07, 6.45) is 1.87. The van der Waals surface area contributed by atoms with Crippen molar-refractivity contribution in [3.05, 3.63) is 53.1 Å². The smallest absolute Gasteiger partial charge is 0.258 e. The van der Waals surface area contributed by atoms with Crippen LogP contribution in [-0.4, -0.2) is 45.4 Å². The van der Waals surface area contributed by atoms with Crippen LogP contribution in [-0.2, 0) is 16.4 Å². The normalized spacial score (nSPS) is 21.5. The van der Waals surface area contributed by atoms with Gasteiger partial charge in [-0.1, -0.05) is 13.8 Å². The molecule has 0 aromatic heterocycles. The van der Waals surface area contributed by atoms with Crippen molar-refractivity contribution < 1.29 is 26.7 Å². The quantitative estimate of drug-likeness (QED) is 0.660. The Morgan fingerprint density at radius 3 is 2.45 bits per heavy atom. The predicted molar refractivity (Wildman–Crippen MR) is 121 cm³/mol. The minimum atomic E-state index is -3.91. The van der Waals surface area contributed by atoms with Gasteiger partial charge in [0.2, 0.25) is 10.0 Å². The Labute approximate surface area is 193 Å². The molecule has 2 aliphatic rings. The van der Waals surface area contributed by atoms with Crippen LogP contribution in [0.4, 0.5) is 14.5 Å². The number of nitrogens with zero attached hydrogens (tertiary/aromatic N) is 2. The van der Waals surface area contributed by atoms with Gasteiger partial charge in [0.1, 0.15) is 22.3 Å². The molecule has 9 heteroatoms. The van der Waals surface area contributed by atoms with E-state index in [4.69, 9.17) is 4.74 Å². The van der Waals surface area contributed by atoms with E-state index < -0.39 is 27.6 Å². The SMILES string of the molecule is COc1ccc(C(=O)N2CCCc3c(F)cc(F)cc32)cc1S(=O)(=O)N1CC(C)CC(C)C1. The summed E-state index contributed by atoms with van der Waals surface area (Å²) in [5.41, 5.74) is 0.585. The van der Waals surface area contributed by atoms with Gasteiger partial charge in [0.25, 0.3) is 5.91 Å². The Bertz CT molecular complexity index is 1180. The molecular weight excluding hydrogens is 450 g/mol. The fourth-order valence-corrected chi connectivity index (χ4v) is 6.79. The van der Waals surface area contributed by atoms with Gasteiger partial charge in [0, 0.05) is 36.8 Å². The molecule has 4 rings (SSSR count). The van der Waals surface area contributed by atoms with Crippen molar-refractivity contribution in [2.24, 2.45) is 11.8 Å². The Kier molecular flexibility index (Phi) is 6.46. The molecule has 2 aliphatic heterocycles. The number of piperidine rings is 1. The van der Waals surface area contributed by atoms with Gasteiger partial charge in [0.15, 0.2) is 0 Å². The van der Waals surface area contributed by atoms with Gasteiger partial charge in [-0.3, -0.25) is 4.79 Å². The highest BCUT2D eigenvalue weighted by atomic mass is 32.2. The summed E-state index contributed by atoms with van der Waals surface area (Å²) < 4.78 is 62.0. The van der Waals surface area contributed by atoms with Crippen LogP contribution in [0.15, 0.2) is 35.2 Å². The van der Waals surface area contributed by atoms with E-state index in [1.807, 2.05) is 13.8 Å². The maximum atomic E-state index is 14.3. The van der Waals surface area contributed by atoms with Crippen molar-refractivity contribution in [3.63, 3.8) is 0 Å². The van der Waals surface area contributed by atoms with Crippen molar-refractivity contribution in [2.75, 3.05) is 31.6 Å². The molecule has 0 saturated carbocycles. The van der Waals surface area contributed by atoms with Crippen molar-refractivity contribution in [1.82, 2.24) is 4.31 Å². The molecule has 2 unspecified atom stereocenters. The molecule has 2 atom stereocenters. The highest BCUT2D eigenvalue weighted by Gasteiger charge is 2.35. The van der Waals surface area contributed by atoms with Gasteiger partial charge in [-0.15, -0.1) is 0 Å². The first-order chi connectivity index (χ1) is 15.6. The summed E-state index contributed by atoms with van der Waals surface area (Å²) in [6, 6.07) is 6.20. The van der Waals surface area contributed by atoms with E-state index >= 15 is 0 Å². The number of rotatable bonds is 4. The third kappa shape index (κ3) is 4.48. The average Bonchev–Trinajstić information content (AvgIpc) is 2.77. The Hall–Kier alpha value is -2.52. The maximum Gasteiger partial charge on any atom is 0.258 e. The first kappa shape index (κ1) is 23.6. The van der Waals surface area contributed by atoms with E-state index in [9.17, 15) is 22.0 Å². The van der Waals surface area contributed by atoms with Crippen LogP contribution in [0, 0.1) is 23.5 Å². The lowest BCUT2D eigenvalue weighted by Gasteiger charge is -2.34. The molecule has 0 aliphatic carbocycles. The molecule has 1 saturated heterocycles. The van der Waals surface area contributed by atoms with Crippen LogP contribution in [0.25, 0.3) is 0 Å². The van der Waals surface area contributed by atoms with E-state index in [0.717, 1.165) is 18.6 Å². The highest BCUT2D eigenvalue weighted by molar-refractivity contribution is 7.89. The number of methoxy groups -OCH3 is 1. The number of carbonyl (C=O) groups is 1. The van der Waals surface area contributed by atoms with Crippen molar-refractivity contribution >= 4 is 21.6 Å². The van der Waals surface area contributed by atoms with Gasteiger partial charge >= 0.3 is 0 Å². The molecule has 33 heavy (non-hydrogen) atoms. The number of benzene rings is 2. The predicted octanol–water partition coefficient (Wildman–Crippen LogP) is 4.23.